The van der Waals surface area contributed by atoms with Gasteiger partial charge in [0.05, 0.1) is 16.3 Å². The number of thioether (sulfide) groups is 1. The van der Waals surface area contributed by atoms with Crippen LogP contribution in [-0.2, 0) is 17.4 Å². The molecule has 2 N–H and O–H groups in total. The summed E-state index contributed by atoms with van der Waals surface area (Å²) < 4.78 is 37.8. The summed E-state index contributed by atoms with van der Waals surface area (Å²) in [5.41, 5.74) is -0.976. The number of aromatic amines is 1. The second-order valence-electron chi connectivity index (χ2n) is 6.31. The zero-order valence-electron chi connectivity index (χ0n) is 14.1. The molecule has 0 unspecified atom stereocenters. The Morgan fingerprint density at radius 1 is 1.37 bits per heavy atom. The van der Waals surface area contributed by atoms with Crippen molar-refractivity contribution in [3.8, 4) is 0 Å². The number of carbonyl (C=O) groups is 1. The number of nitrogens with zero attached hydrogens (tertiary/aromatic N) is 3. The standard InChI is InChI=1S/C16H17ClF3N5OS/c17-11-6-10(16(18,19)20)7-21-14(11)23-13(26)8-27-15-22-12(24-25-15)5-9-3-1-2-4-9/h6-7,9H,1-5,8H2,(H,21,23,26)(H,22,24,25). The Morgan fingerprint density at radius 2 is 2.11 bits per heavy atom. The Kier molecular flexibility index (Phi) is 6.25. The predicted octanol–water partition coefficient (Wildman–Crippen LogP) is 4.34. The van der Waals surface area contributed by atoms with E-state index in [1.807, 2.05) is 0 Å². The number of carbonyl (C=O) groups excluding carboxylic acids is 1. The minimum absolute atomic E-state index is 0.0141. The van der Waals surface area contributed by atoms with Crippen molar-refractivity contribution in [2.75, 3.05) is 11.1 Å². The molecule has 2 heterocycles. The first kappa shape index (κ1) is 19.9. The van der Waals surface area contributed by atoms with E-state index in [-0.39, 0.29) is 16.6 Å². The molecular formula is C16H17ClF3N5OS. The maximum atomic E-state index is 12.6. The smallest absolute Gasteiger partial charge is 0.309 e. The van der Waals surface area contributed by atoms with Crippen LogP contribution in [0.25, 0.3) is 0 Å². The molecule has 0 aromatic carbocycles. The van der Waals surface area contributed by atoms with Crippen LogP contribution in [0.3, 0.4) is 0 Å². The Hall–Kier alpha value is -1.81. The summed E-state index contributed by atoms with van der Waals surface area (Å²) in [6.45, 7) is 0. The minimum Gasteiger partial charge on any atom is -0.309 e. The molecule has 27 heavy (non-hydrogen) atoms. The third-order valence-corrected chi connectivity index (χ3v) is 5.36. The quantitative estimate of drug-likeness (QED) is 0.680. The summed E-state index contributed by atoms with van der Waals surface area (Å²) in [7, 11) is 0. The molecule has 0 atom stereocenters. The highest BCUT2D eigenvalue weighted by atomic mass is 35.5. The lowest BCUT2D eigenvalue weighted by Crippen LogP contribution is -2.16. The van der Waals surface area contributed by atoms with Crippen molar-refractivity contribution in [3.63, 3.8) is 0 Å². The average molecular weight is 420 g/mol. The summed E-state index contributed by atoms with van der Waals surface area (Å²) in [6.07, 6.45) is 1.84. The molecule has 2 aromatic heterocycles. The van der Waals surface area contributed by atoms with Gasteiger partial charge < -0.3 is 5.32 Å². The van der Waals surface area contributed by atoms with Crippen molar-refractivity contribution in [3.05, 3.63) is 28.7 Å². The van der Waals surface area contributed by atoms with Crippen molar-refractivity contribution >= 4 is 35.1 Å². The topological polar surface area (TPSA) is 83.6 Å². The lowest BCUT2D eigenvalue weighted by atomic mass is 10.0. The van der Waals surface area contributed by atoms with Crippen LogP contribution in [0, 0.1) is 5.92 Å². The van der Waals surface area contributed by atoms with Crippen molar-refractivity contribution in [2.45, 2.75) is 43.4 Å². The van der Waals surface area contributed by atoms with E-state index in [0.717, 1.165) is 30.1 Å². The number of H-pyrrole nitrogens is 1. The van der Waals surface area contributed by atoms with Gasteiger partial charge in [0.2, 0.25) is 11.1 Å². The molecule has 146 valence electrons. The third kappa shape index (κ3) is 5.58. The van der Waals surface area contributed by atoms with Gasteiger partial charge in [-0.05, 0) is 12.0 Å². The Labute approximate surface area is 162 Å². The van der Waals surface area contributed by atoms with Gasteiger partial charge in [0, 0.05) is 12.6 Å². The molecule has 0 radical (unpaired) electrons. The number of pyridine rings is 1. The average Bonchev–Trinajstić information content (AvgIpc) is 3.26. The number of hydrogen-bond donors (Lipinski definition) is 2. The molecule has 3 rings (SSSR count). The fourth-order valence-corrected chi connectivity index (χ4v) is 3.74. The first-order valence-corrected chi connectivity index (χ1v) is 9.74. The molecule has 11 heteroatoms. The molecule has 1 saturated carbocycles. The van der Waals surface area contributed by atoms with Crippen LogP contribution in [-0.4, -0.2) is 31.8 Å². The first-order valence-electron chi connectivity index (χ1n) is 8.38. The number of anilines is 1. The number of halogens is 4. The number of amides is 1. The Bertz CT molecular complexity index is 808. The summed E-state index contributed by atoms with van der Waals surface area (Å²) in [6, 6.07) is 0.724. The van der Waals surface area contributed by atoms with Crippen LogP contribution >= 0.6 is 23.4 Å². The largest absolute Gasteiger partial charge is 0.417 e. The summed E-state index contributed by atoms with van der Waals surface area (Å²) in [4.78, 5) is 19.9. The van der Waals surface area contributed by atoms with Gasteiger partial charge in [-0.25, -0.2) is 9.97 Å². The van der Waals surface area contributed by atoms with E-state index in [1.165, 1.54) is 25.7 Å². The van der Waals surface area contributed by atoms with Gasteiger partial charge in [0.1, 0.15) is 5.82 Å². The molecule has 0 saturated heterocycles. The second kappa shape index (κ2) is 8.47. The van der Waals surface area contributed by atoms with E-state index in [0.29, 0.717) is 17.3 Å². The van der Waals surface area contributed by atoms with Crippen molar-refractivity contribution < 1.29 is 18.0 Å². The summed E-state index contributed by atoms with van der Waals surface area (Å²) in [5, 5.41) is 9.52. The van der Waals surface area contributed by atoms with Crippen LogP contribution in [0.5, 0.6) is 0 Å². The van der Waals surface area contributed by atoms with Gasteiger partial charge in [-0.1, -0.05) is 49.0 Å². The van der Waals surface area contributed by atoms with Gasteiger partial charge in [0.15, 0.2) is 5.82 Å². The molecule has 6 nitrogen and oxygen atoms in total. The summed E-state index contributed by atoms with van der Waals surface area (Å²) >= 11 is 6.89. The van der Waals surface area contributed by atoms with Crippen molar-refractivity contribution in [1.82, 2.24) is 20.2 Å². The van der Waals surface area contributed by atoms with Gasteiger partial charge in [-0.2, -0.15) is 13.2 Å². The van der Waals surface area contributed by atoms with E-state index < -0.39 is 17.6 Å². The third-order valence-electron chi connectivity index (χ3n) is 4.23. The van der Waals surface area contributed by atoms with E-state index >= 15 is 0 Å². The highest BCUT2D eigenvalue weighted by Crippen LogP contribution is 2.32. The first-order chi connectivity index (χ1) is 12.8. The minimum atomic E-state index is -4.54. The molecule has 1 amide bonds. The summed E-state index contributed by atoms with van der Waals surface area (Å²) in [5.74, 6) is 0.840. The molecule has 1 aliphatic carbocycles. The van der Waals surface area contributed by atoms with Gasteiger partial charge in [-0.15, -0.1) is 5.10 Å². The molecule has 1 fully saturated rings. The highest BCUT2D eigenvalue weighted by Gasteiger charge is 2.31. The van der Waals surface area contributed by atoms with E-state index in [9.17, 15) is 18.0 Å². The lowest BCUT2D eigenvalue weighted by molar-refractivity contribution is -0.137. The van der Waals surface area contributed by atoms with E-state index in [4.69, 9.17) is 11.6 Å². The predicted molar refractivity (Wildman–Crippen MR) is 95.6 cm³/mol. The molecule has 0 spiro atoms. The van der Waals surface area contributed by atoms with E-state index in [2.05, 4.69) is 25.5 Å². The monoisotopic (exact) mass is 419 g/mol. The zero-order valence-corrected chi connectivity index (χ0v) is 15.7. The highest BCUT2D eigenvalue weighted by molar-refractivity contribution is 7.99. The number of rotatable bonds is 6. The van der Waals surface area contributed by atoms with Crippen LogP contribution in [0.4, 0.5) is 19.0 Å². The Balaban J connectivity index is 1.50. The molecule has 2 aromatic rings. The normalized spacial score (nSPS) is 15.3. The van der Waals surface area contributed by atoms with E-state index in [1.54, 1.807) is 0 Å². The number of aromatic nitrogens is 4. The number of alkyl halides is 3. The number of nitrogens with one attached hydrogen (secondary N) is 2. The zero-order chi connectivity index (χ0) is 19.4. The molecule has 0 bridgehead atoms. The maximum absolute atomic E-state index is 12.6. The van der Waals surface area contributed by atoms with Crippen LogP contribution < -0.4 is 5.32 Å². The Morgan fingerprint density at radius 3 is 2.78 bits per heavy atom. The second-order valence-corrected chi connectivity index (χ2v) is 7.66. The van der Waals surface area contributed by atoms with Gasteiger partial charge in [-0.3, -0.25) is 9.89 Å². The number of hydrogen-bond acceptors (Lipinski definition) is 5. The van der Waals surface area contributed by atoms with Crippen LogP contribution in [0.15, 0.2) is 17.4 Å². The fraction of sp³-hybridized carbons (Fsp3) is 0.500. The fourth-order valence-electron chi connectivity index (χ4n) is 2.90. The van der Waals surface area contributed by atoms with Crippen LogP contribution in [0.1, 0.15) is 37.1 Å². The van der Waals surface area contributed by atoms with Crippen LogP contribution in [0.2, 0.25) is 5.02 Å². The SMILES string of the molecule is O=C(CSc1n[nH]c(CC2CCCC2)n1)Nc1ncc(C(F)(F)F)cc1Cl. The maximum Gasteiger partial charge on any atom is 0.417 e. The van der Waals surface area contributed by atoms with Gasteiger partial charge >= 0.3 is 6.18 Å². The van der Waals surface area contributed by atoms with Crippen molar-refractivity contribution in [1.29, 1.82) is 0 Å². The van der Waals surface area contributed by atoms with Crippen molar-refractivity contribution in [2.24, 2.45) is 5.92 Å². The lowest BCUT2D eigenvalue weighted by Gasteiger charge is -2.09. The molecular weight excluding hydrogens is 403 g/mol. The molecule has 0 aliphatic heterocycles. The van der Waals surface area contributed by atoms with Gasteiger partial charge in [0.25, 0.3) is 0 Å². The molecule has 1 aliphatic rings.